The molecule has 1 aliphatic carbocycles. The zero-order chi connectivity index (χ0) is 11.6. The predicted octanol–water partition coefficient (Wildman–Crippen LogP) is 1.78. The minimum absolute atomic E-state index is 0.294. The molecule has 1 heterocycles. The fraction of sp³-hybridized carbons (Fsp3) is 0.923. The summed E-state index contributed by atoms with van der Waals surface area (Å²) in [4.78, 5) is 13.8. The van der Waals surface area contributed by atoms with Crippen LogP contribution in [0.25, 0.3) is 0 Å². The second kappa shape index (κ2) is 4.74. The summed E-state index contributed by atoms with van der Waals surface area (Å²) in [6.07, 6.45) is 6.08. The minimum Gasteiger partial charge on any atom is -0.342 e. The van der Waals surface area contributed by atoms with Crippen molar-refractivity contribution < 1.29 is 4.79 Å². The lowest BCUT2D eigenvalue weighted by atomic mass is 9.92. The Labute approximate surface area is 98.6 Å². The van der Waals surface area contributed by atoms with Crippen LogP contribution in [0, 0.1) is 5.41 Å². The molecule has 92 valence electrons. The van der Waals surface area contributed by atoms with Gasteiger partial charge in [0, 0.05) is 19.1 Å². The molecule has 1 N–H and O–H groups in total. The Morgan fingerprint density at radius 2 is 2.06 bits per heavy atom. The standard InChI is InChI=1S/C13H24N2O/c1-13(2)6-5-11(9-13)14-10-12(16)15-7-3-4-8-15/h11,14H,3-10H2,1-2H3. The highest BCUT2D eigenvalue weighted by molar-refractivity contribution is 5.78. The molecule has 0 bridgehead atoms. The third kappa shape index (κ3) is 2.97. The van der Waals surface area contributed by atoms with Gasteiger partial charge in [-0.3, -0.25) is 4.79 Å². The maximum Gasteiger partial charge on any atom is 0.236 e. The third-order valence-electron chi connectivity index (χ3n) is 3.97. The molecule has 1 amide bonds. The van der Waals surface area contributed by atoms with E-state index in [2.05, 4.69) is 19.2 Å². The van der Waals surface area contributed by atoms with Gasteiger partial charge in [-0.05, 0) is 37.5 Å². The fourth-order valence-electron chi connectivity index (χ4n) is 2.92. The number of rotatable bonds is 3. The Kier molecular flexibility index (Phi) is 3.53. The van der Waals surface area contributed by atoms with E-state index >= 15 is 0 Å². The van der Waals surface area contributed by atoms with Gasteiger partial charge < -0.3 is 10.2 Å². The van der Waals surface area contributed by atoms with Crippen molar-refractivity contribution >= 4 is 5.91 Å². The molecule has 1 atom stereocenters. The third-order valence-corrected chi connectivity index (χ3v) is 3.97. The van der Waals surface area contributed by atoms with E-state index in [0.717, 1.165) is 13.1 Å². The number of amides is 1. The van der Waals surface area contributed by atoms with E-state index in [1.807, 2.05) is 4.90 Å². The van der Waals surface area contributed by atoms with Crippen molar-refractivity contribution in [2.24, 2.45) is 5.41 Å². The molecule has 3 nitrogen and oxygen atoms in total. The first-order chi connectivity index (χ1) is 7.57. The van der Waals surface area contributed by atoms with Crippen LogP contribution in [0.2, 0.25) is 0 Å². The van der Waals surface area contributed by atoms with Crippen molar-refractivity contribution in [2.75, 3.05) is 19.6 Å². The van der Waals surface area contributed by atoms with Gasteiger partial charge in [-0.15, -0.1) is 0 Å². The van der Waals surface area contributed by atoms with Crippen LogP contribution in [0.4, 0.5) is 0 Å². The highest BCUT2D eigenvalue weighted by atomic mass is 16.2. The second-order valence-electron chi connectivity index (χ2n) is 6.07. The van der Waals surface area contributed by atoms with Crippen LogP contribution in [0.3, 0.4) is 0 Å². The van der Waals surface area contributed by atoms with Crippen LogP contribution in [-0.4, -0.2) is 36.5 Å². The first kappa shape index (κ1) is 11.9. The van der Waals surface area contributed by atoms with E-state index in [1.165, 1.54) is 32.1 Å². The number of nitrogens with one attached hydrogen (secondary N) is 1. The topological polar surface area (TPSA) is 32.3 Å². The van der Waals surface area contributed by atoms with E-state index in [1.54, 1.807) is 0 Å². The zero-order valence-electron chi connectivity index (χ0n) is 10.6. The summed E-state index contributed by atoms with van der Waals surface area (Å²) < 4.78 is 0. The normalized spacial score (nSPS) is 28.6. The van der Waals surface area contributed by atoms with Gasteiger partial charge >= 0.3 is 0 Å². The van der Waals surface area contributed by atoms with Crippen molar-refractivity contribution in [3.63, 3.8) is 0 Å². The average molecular weight is 224 g/mol. The van der Waals surface area contributed by atoms with E-state index in [9.17, 15) is 4.79 Å². The van der Waals surface area contributed by atoms with Crippen LogP contribution in [0.1, 0.15) is 46.0 Å². The molecule has 0 aromatic rings. The smallest absolute Gasteiger partial charge is 0.236 e. The minimum atomic E-state index is 0.294. The van der Waals surface area contributed by atoms with Crippen LogP contribution >= 0.6 is 0 Å². The number of nitrogens with zero attached hydrogens (tertiary/aromatic N) is 1. The molecule has 1 unspecified atom stereocenters. The van der Waals surface area contributed by atoms with E-state index in [0.29, 0.717) is 23.9 Å². The molecule has 0 aromatic carbocycles. The Morgan fingerprint density at radius 3 is 2.62 bits per heavy atom. The molecule has 2 fully saturated rings. The first-order valence-corrected chi connectivity index (χ1v) is 6.58. The molecule has 2 rings (SSSR count). The van der Waals surface area contributed by atoms with Crippen molar-refractivity contribution in [3.05, 3.63) is 0 Å². The van der Waals surface area contributed by atoms with E-state index < -0.39 is 0 Å². The summed E-state index contributed by atoms with van der Waals surface area (Å²) in [6, 6.07) is 0.557. The predicted molar refractivity (Wildman–Crippen MR) is 65.2 cm³/mol. The van der Waals surface area contributed by atoms with Gasteiger partial charge in [-0.2, -0.15) is 0 Å². The molecule has 1 saturated heterocycles. The SMILES string of the molecule is CC1(C)CCC(NCC(=O)N2CCCC2)C1. The maximum atomic E-state index is 11.8. The molecule has 1 saturated carbocycles. The summed E-state index contributed by atoms with van der Waals surface area (Å²) in [6.45, 7) is 7.11. The maximum absolute atomic E-state index is 11.8. The Balaban J connectivity index is 1.69. The Morgan fingerprint density at radius 1 is 1.38 bits per heavy atom. The fourth-order valence-corrected chi connectivity index (χ4v) is 2.92. The molecule has 0 radical (unpaired) electrons. The largest absolute Gasteiger partial charge is 0.342 e. The summed E-state index contributed by atoms with van der Waals surface area (Å²) in [7, 11) is 0. The van der Waals surface area contributed by atoms with Crippen molar-refractivity contribution in [3.8, 4) is 0 Å². The summed E-state index contributed by atoms with van der Waals surface area (Å²) in [5.41, 5.74) is 0.467. The van der Waals surface area contributed by atoms with Gasteiger partial charge in [0.25, 0.3) is 0 Å². The molecule has 1 aliphatic heterocycles. The summed E-state index contributed by atoms with van der Waals surface area (Å²) in [5, 5.41) is 3.42. The highest BCUT2D eigenvalue weighted by Crippen LogP contribution is 2.36. The number of hydrogen-bond acceptors (Lipinski definition) is 2. The van der Waals surface area contributed by atoms with Gasteiger partial charge in [0.1, 0.15) is 0 Å². The molecular weight excluding hydrogens is 200 g/mol. The monoisotopic (exact) mass is 224 g/mol. The Hall–Kier alpha value is -0.570. The van der Waals surface area contributed by atoms with Crippen LogP contribution in [-0.2, 0) is 4.79 Å². The summed E-state index contributed by atoms with van der Waals surface area (Å²) in [5.74, 6) is 0.294. The van der Waals surface area contributed by atoms with Gasteiger partial charge in [0.15, 0.2) is 0 Å². The molecule has 0 spiro atoms. The molecule has 3 heteroatoms. The molecule has 0 aromatic heterocycles. The van der Waals surface area contributed by atoms with E-state index in [4.69, 9.17) is 0 Å². The number of carbonyl (C=O) groups excluding carboxylic acids is 1. The highest BCUT2D eigenvalue weighted by Gasteiger charge is 2.31. The van der Waals surface area contributed by atoms with Crippen LogP contribution < -0.4 is 5.32 Å². The van der Waals surface area contributed by atoms with Crippen molar-refractivity contribution in [1.82, 2.24) is 10.2 Å². The number of hydrogen-bond donors (Lipinski definition) is 1. The molecular formula is C13H24N2O. The van der Waals surface area contributed by atoms with Crippen LogP contribution in [0.15, 0.2) is 0 Å². The van der Waals surface area contributed by atoms with Gasteiger partial charge in [0.05, 0.1) is 6.54 Å². The van der Waals surface area contributed by atoms with Gasteiger partial charge in [0.2, 0.25) is 5.91 Å². The quantitative estimate of drug-likeness (QED) is 0.792. The lowest BCUT2D eigenvalue weighted by Crippen LogP contribution is -2.39. The average Bonchev–Trinajstić information content (AvgIpc) is 2.83. The molecule has 16 heavy (non-hydrogen) atoms. The second-order valence-corrected chi connectivity index (χ2v) is 6.07. The molecule has 2 aliphatic rings. The Bertz CT molecular complexity index is 257. The lowest BCUT2D eigenvalue weighted by molar-refractivity contribution is -0.129. The van der Waals surface area contributed by atoms with Crippen molar-refractivity contribution in [2.45, 2.75) is 52.0 Å². The van der Waals surface area contributed by atoms with Crippen molar-refractivity contribution in [1.29, 1.82) is 0 Å². The zero-order valence-corrected chi connectivity index (χ0v) is 10.6. The van der Waals surface area contributed by atoms with Crippen LogP contribution in [0.5, 0.6) is 0 Å². The first-order valence-electron chi connectivity index (χ1n) is 6.58. The lowest BCUT2D eigenvalue weighted by Gasteiger charge is -2.20. The van der Waals surface area contributed by atoms with Gasteiger partial charge in [-0.1, -0.05) is 13.8 Å². The van der Waals surface area contributed by atoms with Gasteiger partial charge in [-0.25, -0.2) is 0 Å². The van der Waals surface area contributed by atoms with E-state index in [-0.39, 0.29) is 0 Å². The summed E-state index contributed by atoms with van der Waals surface area (Å²) >= 11 is 0. The number of likely N-dealkylation sites (tertiary alicyclic amines) is 1. The number of carbonyl (C=O) groups is 1.